The Hall–Kier alpha value is -1.69. The number of sulfonamides is 1. The molecule has 0 bridgehead atoms. The van der Waals surface area contributed by atoms with Gasteiger partial charge in [0.1, 0.15) is 6.54 Å². The topological polar surface area (TPSA) is 79.0 Å². The Labute approximate surface area is 174 Å². The predicted molar refractivity (Wildman–Crippen MR) is 103 cm³/mol. The van der Waals surface area contributed by atoms with Crippen LogP contribution in [-0.4, -0.2) is 75.6 Å². The molecule has 1 amide bonds. The molecule has 0 aliphatic carbocycles. The number of ether oxygens (including phenoxy) is 1. The third-order valence-corrected chi connectivity index (χ3v) is 7.23. The minimum atomic E-state index is -4.41. The van der Waals surface area contributed by atoms with Crippen molar-refractivity contribution in [3.8, 4) is 0 Å². The summed E-state index contributed by atoms with van der Waals surface area (Å²) in [5.74, 6) is -0.998. The van der Waals surface area contributed by atoms with Crippen LogP contribution in [0.1, 0.15) is 18.4 Å². The van der Waals surface area contributed by atoms with E-state index in [0.717, 1.165) is 5.56 Å². The second-order valence-corrected chi connectivity index (χ2v) is 9.49. The Morgan fingerprint density at radius 1 is 1.13 bits per heavy atom. The molecule has 0 spiro atoms. The number of nitrogens with one attached hydrogen (secondary N) is 1. The molecule has 2 fully saturated rings. The van der Waals surface area contributed by atoms with Crippen molar-refractivity contribution in [1.82, 2.24) is 14.5 Å². The maximum atomic E-state index is 12.8. The molecule has 11 heteroatoms. The van der Waals surface area contributed by atoms with E-state index < -0.39 is 34.6 Å². The largest absolute Gasteiger partial charge is 0.405 e. The molecule has 2 aliphatic rings. The number of rotatable bonds is 6. The average molecular weight is 449 g/mol. The van der Waals surface area contributed by atoms with Crippen LogP contribution in [0, 0.1) is 5.92 Å². The summed E-state index contributed by atoms with van der Waals surface area (Å²) in [6.45, 7) is 1.75. The fraction of sp³-hybridized carbons (Fsp3) is 0.632. The van der Waals surface area contributed by atoms with E-state index in [1.54, 1.807) is 18.2 Å². The Morgan fingerprint density at radius 3 is 2.43 bits per heavy atom. The average Bonchev–Trinajstić information content (AvgIpc) is 2.73. The number of amides is 1. The van der Waals surface area contributed by atoms with Gasteiger partial charge in [0.15, 0.2) is 0 Å². The molecule has 2 saturated heterocycles. The Kier molecular flexibility index (Phi) is 7.38. The van der Waals surface area contributed by atoms with Crippen molar-refractivity contribution in [1.29, 1.82) is 0 Å². The zero-order valence-corrected chi connectivity index (χ0v) is 17.3. The first-order valence-electron chi connectivity index (χ1n) is 9.89. The molecule has 1 N–H and O–H groups in total. The van der Waals surface area contributed by atoms with Gasteiger partial charge in [-0.25, -0.2) is 8.42 Å². The normalized spacial score (nSPS) is 20.2. The molecule has 0 radical (unpaired) electrons. The van der Waals surface area contributed by atoms with Gasteiger partial charge >= 0.3 is 6.18 Å². The smallest absolute Gasteiger partial charge is 0.379 e. The van der Waals surface area contributed by atoms with E-state index in [2.05, 4.69) is 4.90 Å². The van der Waals surface area contributed by atoms with E-state index in [4.69, 9.17) is 4.74 Å². The van der Waals surface area contributed by atoms with E-state index >= 15 is 0 Å². The van der Waals surface area contributed by atoms with Crippen molar-refractivity contribution in [2.45, 2.75) is 30.5 Å². The number of carbonyl (C=O) groups excluding carboxylic acids is 1. The van der Waals surface area contributed by atoms with Crippen molar-refractivity contribution in [3.63, 3.8) is 0 Å². The van der Waals surface area contributed by atoms with E-state index in [-0.39, 0.29) is 4.90 Å². The Morgan fingerprint density at radius 2 is 1.80 bits per heavy atom. The SMILES string of the molecule is O=C(NCC(F)(F)F)C1CCN(Cc2cccc(S(=O)(=O)N3CCOCC3)c2)CC1. The number of benzene rings is 1. The fourth-order valence-electron chi connectivity index (χ4n) is 3.68. The first kappa shape index (κ1) is 23.0. The second-order valence-electron chi connectivity index (χ2n) is 7.55. The van der Waals surface area contributed by atoms with Crippen LogP contribution in [-0.2, 0) is 26.1 Å². The van der Waals surface area contributed by atoms with E-state index in [0.29, 0.717) is 58.8 Å². The summed E-state index contributed by atoms with van der Waals surface area (Å²) in [6, 6.07) is 6.79. The number of carbonyl (C=O) groups is 1. The minimum Gasteiger partial charge on any atom is -0.379 e. The lowest BCUT2D eigenvalue weighted by molar-refractivity contribution is -0.141. The molecule has 2 heterocycles. The quantitative estimate of drug-likeness (QED) is 0.714. The summed E-state index contributed by atoms with van der Waals surface area (Å²) in [5, 5.41) is 1.95. The van der Waals surface area contributed by atoms with Crippen LogP contribution in [0.2, 0.25) is 0 Å². The van der Waals surface area contributed by atoms with Crippen LogP contribution in [0.25, 0.3) is 0 Å². The third kappa shape index (κ3) is 6.16. The summed E-state index contributed by atoms with van der Waals surface area (Å²) in [7, 11) is -3.57. The van der Waals surface area contributed by atoms with Crippen LogP contribution >= 0.6 is 0 Å². The van der Waals surface area contributed by atoms with Gasteiger partial charge in [-0.3, -0.25) is 9.69 Å². The van der Waals surface area contributed by atoms with Crippen LogP contribution in [0.4, 0.5) is 13.2 Å². The van der Waals surface area contributed by atoms with Crippen molar-refractivity contribution in [3.05, 3.63) is 29.8 Å². The highest BCUT2D eigenvalue weighted by atomic mass is 32.2. The highest BCUT2D eigenvalue weighted by Crippen LogP contribution is 2.22. The first-order valence-corrected chi connectivity index (χ1v) is 11.3. The van der Waals surface area contributed by atoms with Gasteiger partial charge < -0.3 is 10.1 Å². The van der Waals surface area contributed by atoms with E-state index in [9.17, 15) is 26.4 Å². The molecule has 3 rings (SSSR count). The summed E-state index contributed by atoms with van der Waals surface area (Å²) in [4.78, 5) is 14.2. The molecular formula is C19H26F3N3O4S. The van der Waals surface area contributed by atoms with Crippen molar-refractivity contribution >= 4 is 15.9 Å². The number of morpholine rings is 1. The molecule has 168 valence electrons. The van der Waals surface area contributed by atoms with Gasteiger partial charge in [0.05, 0.1) is 18.1 Å². The van der Waals surface area contributed by atoms with E-state index in [1.165, 1.54) is 4.31 Å². The molecule has 0 atom stereocenters. The van der Waals surface area contributed by atoms with Crippen LogP contribution in [0.3, 0.4) is 0 Å². The van der Waals surface area contributed by atoms with Crippen LogP contribution in [0.5, 0.6) is 0 Å². The molecule has 0 unspecified atom stereocenters. The van der Waals surface area contributed by atoms with Crippen molar-refractivity contribution in [2.75, 3.05) is 45.9 Å². The number of halogens is 3. The van der Waals surface area contributed by atoms with Gasteiger partial charge in [-0.1, -0.05) is 12.1 Å². The van der Waals surface area contributed by atoms with Gasteiger partial charge in [0.2, 0.25) is 15.9 Å². The summed E-state index contributed by atoms with van der Waals surface area (Å²) < 4.78 is 69.0. The Bertz CT molecular complexity index is 834. The zero-order valence-electron chi connectivity index (χ0n) is 16.5. The van der Waals surface area contributed by atoms with E-state index in [1.807, 2.05) is 11.4 Å². The zero-order chi connectivity index (χ0) is 21.8. The summed E-state index contributed by atoms with van der Waals surface area (Å²) >= 11 is 0. The number of alkyl halides is 3. The van der Waals surface area contributed by atoms with Crippen LogP contribution < -0.4 is 5.32 Å². The number of piperidine rings is 1. The van der Waals surface area contributed by atoms with Gasteiger partial charge in [0.25, 0.3) is 0 Å². The molecule has 7 nitrogen and oxygen atoms in total. The number of hydrogen-bond acceptors (Lipinski definition) is 5. The number of likely N-dealkylation sites (tertiary alicyclic amines) is 1. The summed E-state index contributed by atoms with van der Waals surface area (Å²) in [6.07, 6.45) is -3.48. The van der Waals surface area contributed by atoms with Crippen molar-refractivity contribution in [2.24, 2.45) is 5.92 Å². The maximum Gasteiger partial charge on any atom is 0.405 e. The molecule has 1 aromatic carbocycles. The first-order chi connectivity index (χ1) is 14.1. The second kappa shape index (κ2) is 9.63. The molecule has 1 aromatic rings. The standard InChI is InChI=1S/C19H26F3N3O4S/c20-19(21,22)14-23-18(26)16-4-6-24(7-5-16)13-15-2-1-3-17(12-15)30(27,28)25-8-10-29-11-9-25/h1-3,12,16H,4-11,13-14H2,(H,23,26). The lowest BCUT2D eigenvalue weighted by atomic mass is 9.95. The Balaban J connectivity index is 1.54. The highest BCUT2D eigenvalue weighted by molar-refractivity contribution is 7.89. The summed E-state index contributed by atoms with van der Waals surface area (Å²) in [5.41, 5.74) is 0.837. The molecule has 0 aromatic heterocycles. The fourth-order valence-corrected chi connectivity index (χ4v) is 5.16. The predicted octanol–water partition coefficient (Wildman–Crippen LogP) is 1.60. The van der Waals surface area contributed by atoms with Gasteiger partial charge in [-0.05, 0) is 43.6 Å². The number of hydrogen-bond donors (Lipinski definition) is 1. The monoisotopic (exact) mass is 449 g/mol. The van der Waals surface area contributed by atoms with Gasteiger partial charge in [-0.2, -0.15) is 17.5 Å². The van der Waals surface area contributed by atoms with Crippen molar-refractivity contribution < 1.29 is 31.1 Å². The third-order valence-electron chi connectivity index (χ3n) is 5.33. The molecule has 2 aliphatic heterocycles. The molecule has 30 heavy (non-hydrogen) atoms. The molecular weight excluding hydrogens is 423 g/mol. The maximum absolute atomic E-state index is 12.8. The number of nitrogens with zero attached hydrogens (tertiary/aromatic N) is 2. The molecule has 0 saturated carbocycles. The van der Waals surface area contributed by atoms with Gasteiger partial charge in [-0.15, -0.1) is 0 Å². The lowest BCUT2D eigenvalue weighted by Crippen LogP contribution is -2.42. The minimum absolute atomic E-state index is 0.239. The highest BCUT2D eigenvalue weighted by Gasteiger charge is 2.31. The van der Waals surface area contributed by atoms with Crippen LogP contribution in [0.15, 0.2) is 29.2 Å². The van der Waals surface area contributed by atoms with Gasteiger partial charge in [0, 0.05) is 25.6 Å². The lowest BCUT2D eigenvalue weighted by Gasteiger charge is -2.31.